The maximum absolute atomic E-state index is 3.80. The summed E-state index contributed by atoms with van der Waals surface area (Å²) in [7, 11) is 0. The average molecular weight is 162 g/mol. The van der Waals surface area contributed by atoms with Crippen LogP contribution >= 0.6 is 0 Å². The summed E-state index contributed by atoms with van der Waals surface area (Å²) in [6.45, 7) is 4.86. The Kier molecular flexibility index (Phi) is 4.28. The Morgan fingerprint density at radius 2 is 1.83 bits per heavy atom. The molecule has 0 amide bonds. The maximum atomic E-state index is 3.80. The molecule has 0 aliphatic heterocycles. The first-order valence-electron chi connectivity index (χ1n) is 4.51. The Morgan fingerprint density at radius 1 is 1.08 bits per heavy atom. The highest BCUT2D eigenvalue weighted by molar-refractivity contribution is 5.42. The third kappa shape index (κ3) is 3.42. The van der Waals surface area contributed by atoms with Crippen LogP contribution in [0.4, 0.5) is 5.69 Å². The molecule has 1 aromatic rings. The van der Waals surface area contributed by atoms with Gasteiger partial charge in [0, 0.05) is 12.2 Å². The van der Waals surface area contributed by atoms with Gasteiger partial charge in [-0.25, -0.2) is 0 Å². The van der Waals surface area contributed by atoms with Gasteiger partial charge in [0.05, 0.1) is 0 Å². The number of hydrogen-bond acceptors (Lipinski definition) is 1. The molecule has 0 heterocycles. The molecule has 0 fully saturated rings. The maximum Gasteiger partial charge on any atom is 0.0340 e. The van der Waals surface area contributed by atoms with Gasteiger partial charge in [0.25, 0.3) is 0 Å². The lowest BCUT2D eigenvalue weighted by Crippen LogP contribution is -2.00. The van der Waals surface area contributed by atoms with E-state index >= 15 is 0 Å². The van der Waals surface area contributed by atoms with E-state index in [9.17, 15) is 0 Å². The molecule has 0 atom stereocenters. The fraction of sp³-hybridized carbons (Fsp3) is 0.364. The van der Waals surface area contributed by atoms with Crippen molar-refractivity contribution in [2.45, 2.75) is 19.3 Å². The topological polar surface area (TPSA) is 12.0 Å². The fourth-order valence-electron chi connectivity index (χ4n) is 1.09. The van der Waals surface area contributed by atoms with Crippen LogP contribution in [-0.2, 0) is 0 Å². The SMILES string of the molecule is [CH2]CCCCNc1ccccc1. The summed E-state index contributed by atoms with van der Waals surface area (Å²) in [5.74, 6) is 0. The van der Waals surface area contributed by atoms with Crippen molar-refractivity contribution in [3.63, 3.8) is 0 Å². The zero-order valence-corrected chi connectivity index (χ0v) is 7.42. The molecule has 0 aliphatic rings. The predicted molar refractivity (Wildman–Crippen MR) is 54.1 cm³/mol. The van der Waals surface area contributed by atoms with E-state index in [0.717, 1.165) is 13.0 Å². The molecule has 1 rings (SSSR count). The van der Waals surface area contributed by atoms with Crippen molar-refractivity contribution in [2.75, 3.05) is 11.9 Å². The van der Waals surface area contributed by atoms with Crippen molar-refractivity contribution in [1.82, 2.24) is 0 Å². The zero-order chi connectivity index (χ0) is 8.65. The minimum absolute atomic E-state index is 1.04. The van der Waals surface area contributed by atoms with Crippen molar-refractivity contribution in [2.24, 2.45) is 0 Å². The molecule has 1 nitrogen and oxygen atoms in total. The van der Waals surface area contributed by atoms with Crippen molar-refractivity contribution in [1.29, 1.82) is 0 Å². The molecular formula is C11H16N. The van der Waals surface area contributed by atoms with Crippen molar-refractivity contribution < 1.29 is 0 Å². The van der Waals surface area contributed by atoms with Gasteiger partial charge in [-0.1, -0.05) is 38.0 Å². The Balaban J connectivity index is 2.16. The van der Waals surface area contributed by atoms with Crippen LogP contribution < -0.4 is 5.32 Å². The van der Waals surface area contributed by atoms with Gasteiger partial charge in [-0.3, -0.25) is 0 Å². The molecule has 1 aromatic carbocycles. The summed E-state index contributed by atoms with van der Waals surface area (Å²) in [5, 5.41) is 3.35. The number of rotatable bonds is 5. The second-order valence-electron chi connectivity index (χ2n) is 2.85. The Hall–Kier alpha value is -0.980. The summed E-state index contributed by atoms with van der Waals surface area (Å²) < 4.78 is 0. The van der Waals surface area contributed by atoms with E-state index in [1.54, 1.807) is 0 Å². The van der Waals surface area contributed by atoms with Crippen LogP contribution in [0.25, 0.3) is 0 Å². The van der Waals surface area contributed by atoms with Gasteiger partial charge in [-0.2, -0.15) is 0 Å². The molecule has 0 aliphatic carbocycles. The van der Waals surface area contributed by atoms with E-state index in [1.165, 1.54) is 18.5 Å². The van der Waals surface area contributed by atoms with Crippen LogP contribution in [-0.4, -0.2) is 6.54 Å². The molecular weight excluding hydrogens is 146 g/mol. The molecule has 0 bridgehead atoms. The molecule has 0 saturated heterocycles. The lowest BCUT2D eigenvalue weighted by molar-refractivity contribution is 0.777. The van der Waals surface area contributed by atoms with Crippen LogP contribution in [0.3, 0.4) is 0 Å². The quantitative estimate of drug-likeness (QED) is 0.656. The molecule has 1 heteroatoms. The number of para-hydroxylation sites is 1. The standard InChI is InChI=1S/C11H16N/c1-2-3-7-10-12-11-8-5-4-6-9-11/h4-6,8-9,12H,1-3,7,10H2. The summed E-state index contributed by atoms with van der Waals surface area (Å²) in [6, 6.07) is 10.3. The molecule has 0 spiro atoms. The average Bonchev–Trinajstić information content (AvgIpc) is 2.14. The van der Waals surface area contributed by atoms with E-state index in [4.69, 9.17) is 0 Å². The monoisotopic (exact) mass is 162 g/mol. The van der Waals surface area contributed by atoms with Crippen molar-refractivity contribution in [3.05, 3.63) is 37.3 Å². The normalized spacial score (nSPS) is 9.75. The number of unbranched alkanes of at least 4 members (excludes halogenated alkanes) is 2. The fourth-order valence-corrected chi connectivity index (χ4v) is 1.09. The molecule has 0 aromatic heterocycles. The molecule has 65 valence electrons. The van der Waals surface area contributed by atoms with Gasteiger partial charge < -0.3 is 5.32 Å². The molecule has 12 heavy (non-hydrogen) atoms. The first-order valence-corrected chi connectivity index (χ1v) is 4.51. The van der Waals surface area contributed by atoms with Gasteiger partial charge >= 0.3 is 0 Å². The zero-order valence-electron chi connectivity index (χ0n) is 7.42. The van der Waals surface area contributed by atoms with Gasteiger partial charge in [-0.15, -0.1) is 0 Å². The van der Waals surface area contributed by atoms with Crippen LogP contribution in [0.1, 0.15) is 19.3 Å². The van der Waals surface area contributed by atoms with E-state index in [0.29, 0.717) is 0 Å². The van der Waals surface area contributed by atoms with E-state index < -0.39 is 0 Å². The minimum atomic E-state index is 1.04. The van der Waals surface area contributed by atoms with Crippen LogP contribution in [0, 0.1) is 6.92 Å². The van der Waals surface area contributed by atoms with Gasteiger partial charge in [-0.05, 0) is 18.6 Å². The first kappa shape index (κ1) is 9.11. The lowest BCUT2D eigenvalue weighted by Gasteiger charge is -2.04. The number of nitrogens with one attached hydrogen (secondary N) is 1. The van der Waals surface area contributed by atoms with Gasteiger partial charge in [0.1, 0.15) is 0 Å². The van der Waals surface area contributed by atoms with E-state index in [2.05, 4.69) is 24.4 Å². The van der Waals surface area contributed by atoms with E-state index in [-0.39, 0.29) is 0 Å². The van der Waals surface area contributed by atoms with E-state index in [1.807, 2.05) is 18.2 Å². The van der Waals surface area contributed by atoms with Crippen LogP contribution in [0.2, 0.25) is 0 Å². The Labute approximate surface area is 74.8 Å². The highest BCUT2D eigenvalue weighted by atomic mass is 14.9. The summed E-state index contributed by atoms with van der Waals surface area (Å²) in [4.78, 5) is 0. The highest BCUT2D eigenvalue weighted by Gasteiger charge is 1.87. The van der Waals surface area contributed by atoms with Gasteiger partial charge in [0.2, 0.25) is 0 Å². The number of anilines is 1. The Morgan fingerprint density at radius 3 is 2.50 bits per heavy atom. The predicted octanol–water partition coefficient (Wildman–Crippen LogP) is 3.10. The molecule has 1 N–H and O–H groups in total. The molecule has 0 unspecified atom stereocenters. The molecule has 0 saturated carbocycles. The lowest BCUT2D eigenvalue weighted by atomic mass is 10.2. The second kappa shape index (κ2) is 5.64. The number of benzene rings is 1. The third-order valence-electron chi connectivity index (χ3n) is 1.78. The summed E-state index contributed by atoms with van der Waals surface area (Å²) in [5.41, 5.74) is 1.21. The number of hydrogen-bond donors (Lipinski definition) is 1. The minimum Gasteiger partial charge on any atom is -0.385 e. The largest absolute Gasteiger partial charge is 0.385 e. The summed E-state index contributed by atoms with van der Waals surface area (Å²) in [6.07, 6.45) is 3.45. The van der Waals surface area contributed by atoms with Crippen LogP contribution in [0.5, 0.6) is 0 Å². The summed E-state index contributed by atoms with van der Waals surface area (Å²) >= 11 is 0. The molecule has 1 radical (unpaired) electrons. The highest BCUT2D eigenvalue weighted by Crippen LogP contribution is 2.05. The van der Waals surface area contributed by atoms with Crippen molar-refractivity contribution in [3.8, 4) is 0 Å². The first-order chi connectivity index (χ1) is 5.93. The Bertz CT molecular complexity index is 193. The van der Waals surface area contributed by atoms with Gasteiger partial charge in [0.15, 0.2) is 0 Å². The smallest absolute Gasteiger partial charge is 0.0340 e. The third-order valence-corrected chi connectivity index (χ3v) is 1.78. The van der Waals surface area contributed by atoms with Crippen molar-refractivity contribution >= 4 is 5.69 Å². The van der Waals surface area contributed by atoms with Crippen LogP contribution in [0.15, 0.2) is 30.3 Å². The second-order valence-corrected chi connectivity index (χ2v) is 2.85.